The highest BCUT2D eigenvalue weighted by atomic mass is 16.5. The lowest BCUT2D eigenvalue weighted by Gasteiger charge is -2.15. The molecule has 1 aromatic carbocycles. The lowest BCUT2D eigenvalue weighted by atomic mass is 10.1. The van der Waals surface area contributed by atoms with Crippen LogP contribution in [0, 0.1) is 0 Å². The maximum atomic E-state index is 8.00. The first-order valence-electron chi connectivity index (χ1n) is 3.96. The minimum Gasteiger partial charge on any atom is -0.493 e. The van der Waals surface area contributed by atoms with E-state index in [-0.39, 0.29) is 0 Å². The average molecular weight is 164 g/mol. The second-order valence-electron chi connectivity index (χ2n) is 2.56. The van der Waals surface area contributed by atoms with Crippen LogP contribution in [0.5, 0.6) is 5.75 Å². The fourth-order valence-corrected chi connectivity index (χ4v) is 1.30. The Balaban J connectivity index is 0.000000336. The zero-order valence-electron chi connectivity index (χ0n) is 6.95. The topological polar surface area (TPSA) is 26.3 Å². The third kappa shape index (κ3) is 1.84. The highest BCUT2D eigenvalue weighted by Gasteiger charge is 2.06. The molecule has 0 atom stereocenters. The summed E-state index contributed by atoms with van der Waals surface area (Å²) in [7, 11) is 0. The molecule has 2 nitrogen and oxygen atoms in total. The molecule has 0 aromatic heterocycles. The molecule has 12 heavy (non-hydrogen) atoms. The molecule has 0 unspecified atom stereocenters. The smallest absolute Gasteiger partial charge is 0.122 e. The van der Waals surface area contributed by atoms with E-state index in [1.807, 2.05) is 18.9 Å². The molecule has 1 aliphatic heterocycles. The van der Waals surface area contributed by atoms with E-state index in [0.29, 0.717) is 0 Å². The molecule has 0 bridgehead atoms. The van der Waals surface area contributed by atoms with E-state index in [9.17, 15) is 0 Å². The molecule has 0 N–H and O–H groups in total. The van der Waals surface area contributed by atoms with Crippen molar-refractivity contribution < 1.29 is 9.53 Å². The van der Waals surface area contributed by atoms with Gasteiger partial charge >= 0.3 is 0 Å². The lowest BCUT2D eigenvalue weighted by Crippen LogP contribution is -2.07. The van der Waals surface area contributed by atoms with Crippen LogP contribution in [-0.4, -0.2) is 13.4 Å². The zero-order valence-corrected chi connectivity index (χ0v) is 6.95. The largest absolute Gasteiger partial charge is 0.493 e. The standard InChI is InChI=1S/C9H10O.CH2O/c1-2-6-9-8(4-1)5-3-7-10-9;1-2/h1-2,4,6H,3,5,7H2;1H2. The summed E-state index contributed by atoms with van der Waals surface area (Å²) < 4.78 is 5.42. The molecule has 0 saturated heterocycles. The summed E-state index contributed by atoms with van der Waals surface area (Å²) in [4.78, 5) is 8.00. The number of benzene rings is 1. The van der Waals surface area contributed by atoms with E-state index < -0.39 is 0 Å². The van der Waals surface area contributed by atoms with Gasteiger partial charge in [-0.15, -0.1) is 0 Å². The van der Waals surface area contributed by atoms with E-state index >= 15 is 0 Å². The van der Waals surface area contributed by atoms with Crippen LogP contribution in [0.25, 0.3) is 0 Å². The highest BCUT2D eigenvalue weighted by molar-refractivity contribution is 5.34. The number of ether oxygens (including phenoxy) is 1. The Morgan fingerprint density at radius 2 is 2.00 bits per heavy atom. The molecular weight excluding hydrogens is 152 g/mol. The van der Waals surface area contributed by atoms with Gasteiger partial charge in [-0.3, -0.25) is 0 Å². The van der Waals surface area contributed by atoms with Crippen LogP contribution in [0.1, 0.15) is 12.0 Å². The van der Waals surface area contributed by atoms with Gasteiger partial charge in [-0.05, 0) is 24.5 Å². The number of para-hydroxylation sites is 1. The van der Waals surface area contributed by atoms with Gasteiger partial charge in [0, 0.05) is 0 Å². The normalized spacial score (nSPS) is 13.3. The molecule has 1 aromatic rings. The van der Waals surface area contributed by atoms with Gasteiger partial charge in [-0.2, -0.15) is 0 Å². The molecular formula is C10H12O2. The summed E-state index contributed by atoms with van der Waals surface area (Å²) in [5.41, 5.74) is 1.36. The molecule has 2 heteroatoms. The number of hydrogen-bond donors (Lipinski definition) is 0. The van der Waals surface area contributed by atoms with Crippen LogP contribution < -0.4 is 4.74 Å². The first-order chi connectivity index (χ1) is 5.97. The summed E-state index contributed by atoms with van der Waals surface area (Å²) in [6.45, 7) is 2.89. The fraction of sp³-hybridized carbons (Fsp3) is 0.300. The fourth-order valence-electron chi connectivity index (χ4n) is 1.30. The van der Waals surface area contributed by atoms with E-state index in [0.717, 1.165) is 18.8 Å². The summed E-state index contributed by atoms with van der Waals surface area (Å²) in [6, 6.07) is 8.25. The van der Waals surface area contributed by atoms with E-state index in [1.54, 1.807) is 0 Å². The van der Waals surface area contributed by atoms with Gasteiger partial charge in [0.05, 0.1) is 6.61 Å². The maximum Gasteiger partial charge on any atom is 0.122 e. The molecule has 2 rings (SSSR count). The van der Waals surface area contributed by atoms with E-state index in [4.69, 9.17) is 9.53 Å². The molecule has 0 amide bonds. The second-order valence-corrected chi connectivity index (χ2v) is 2.56. The molecule has 1 aliphatic rings. The van der Waals surface area contributed by atoms with E-state index in [2.05, 4.69) is 12.1 Å². The van der Waals surface area contributed by atoms with Crippen LogP contribution in [0.3, 0.4) is 0 Å². The predicted octanol–water partition coefficient (Wildman–Crippen LogP) is 1.83. The maximum absolute atomic E-state index is 8.00. The van der Waals surface area contributed by atoms with Crippen molar-refractivity contribution in [3.05, 3.63) is 29.8 Å². The Morgan fingerprint density at radius 3 is 2.75 bits per heavy atom. The summed E-state index contributed by atoms with van der Waals surface area (Å²) in [5.74, 6) is 1.08. The van der Waals surface area contributed by atoms with Gasteiger partial charge in [0.15, 0.2) is 0 Å². The Hall–Kier alpha value is -1.31. The first kappa shape index (κ1) is 8.78. The number of carbonyl (C=O) groups is 1. The summed E-state index contributed by atoms with van der Waals surface area (Å²) >= 11 is 0. The first-order valence-corrected chi connectivity index (χ1v) is 3.96. The Labute approximate surface area is 72.2 Å². The zero-order chi connectivity index (χ0) is 8.81. The number of aryl methyl sites for hydroxylation is 1. The summed E-state index contributed by atoms with van der Waals surface area (Å²) in [5, 5.41) is 0. The van der Waals surface area contributed by atoms with Crippen molar-refractivity contribution in [2.24, 2.45) is 0 Å². The molecule has 1 heterocycles. The highest BCUT2D eigenvalue weighted by Crippen LogP contribution is 2.22. The van der Waals surface area contributed by atoms with Gasteiger partial charge in [0.25, 0.3) is 0 Å². The van der Waals surface area contributed by atoms with Gasteiger partial charge in [0.1, 0.15) is 12.5 Å². The minimum absolute atomic E-state index is 0.886. The number of carbonyl (C=O) groups excluding carboxylic acids is 1. The van der Waals surface area contributed by atoms with Gasteiger partial charge in [-0.25, -0.2) is 0 Å². The molecule has 0 fully saturated rings. The van der Waals surface area contributed by atoms with Crippen molar-refractivity contribution in [1.82, 2.24) is 0 Å². The van der Waals surface area contributed by atoms with Crippen LogP contribution in [0.15, 0.2) is 24.3 Å². The third-order valence-electron chi connectivity index (χ3n) is 1.82. The van der Waals surface area contributed by atoms with Crippen molar-refractivity contribution >= 4 is 6.79 Å². The molecule has 0 radical (unpaired) electrons. The van der Waals surface area contributed by atoms with Crippen LogP contribution in [0.4, 0.5) is 0 Å². The Bertz CT molecular complexity index is 220. The van der Waals surface area contributed by atoms with Crippen molar-refractivity contribution in [2.75, 3.05) is 6.61 Å². The quantitative estimate of drug-likeness (QED) is 0.584. The summed E-state index contributed by atoms with van der Waals surface area (Å²) in [6.07, 6.45) is 2.34. The lowest BCUT2D eigenvalue weighted by molar-refractivity contribution is -0.0979. The molecule has 0 saturated carbocycles. The van der Waals surface area contributed by atoms with Crippen LogP contribution >= 0.6 is 0 Å². The second kappa shape index (κ2) is 4.54. The number of rotatable bonds is 0. The molecule has 64 valence electrons. The SMILES string of the molecule is C=O.c1ccc2c(c1)CCCO2. The predicted molar refractivity (Wildman–Crippen MR) is 47.4 cm³/mol. The van der Waals surface area contributed by atoms with Gasteiger partial charge in [-0.1, -0.05) is 18.2 Å². The Kier molecular flexibility index (Phi) is 3.33. The van der Waals surface area contributed by atoms with Crippen molar-refractivity contribution in [3.8, 4) is 5.75 Å². The number of fused-ring (bicyclic) bond motifs is 1. The van der Waals surface area contributed by atoms with Crippen molar-refractivity contribution in [1.29, 1.82) is 0 Å². The van der Waals surface area contributed by atoms with Crippen LogP contribution in [-0.2, 0) is 11.2 Å². The van der Waals surface area contributed by atoms with Crippen LogP contribution in [0.2, 0.25) is 0 Å². The molecule has 0 aliphatic carbocycles. The molecule has 0 spiro atoms. The van der Waals surface area contributed by atoms with Crippen molar-refractivity contribution in [2.45, 2.75) is 12.8 Å². The Morgan fingerprint density at radius 1 is 1.25 bits per heavy atom. The van der Waals surface area contributed by atoms with Gasteiger partial charge < -0.3 is 9.53 Å². The van der Waals surface area contributed by atoms with Crippen molar-refractivity contribution in [3.63, 3.8) is 0 Å². The van der Waals surface area contributed by atoms with E-state index in [1.165, 1.54) is 12.0 Å². The number of hydrogen-bond acceptors (Lipinski definition) is 2. The third-order valence-corrected chi connectivity index (χ3v) is 1.82. The minimum atomic E-state index is 0.886. The average Bonchev–Trinajstić information content (AvgIpc) is 2.21. The monoisotopic (exact) mass is 164 g/mol. The van der Waals surface area contributed by atoms with Gasteiger partial charge in [0.2, 0.25) is 0 Å².